The maximum absolute atomic E-state index is 12.2. The monoisotopic (exact) mass is 287 g/mol. The van der Waals surface area contributed by atoms with Crippen LogP contribution in [-0.2, 0) is 11.3 Å². The number of imidazole rings is 1. The largest absolute Gasteiger partial charge is 0.393 e. The van der Waals surface area contributed by atoms with Gasteiger partial charge in [-0.1, -0.05) is 12.1 Å². The first-order valence-corrected chi connectivity index (χ1v) is 7.45. The van der Waals surface area contributed by atoms with Crippen molar-refractivity contribution in [1.29, 1.82) is 0 Å². The van der Waals surface area contributed by atoms with Crippen LogP contribution in [0.15, 0.2) is 30.6 Å². The molecule has 0 unspecified atom stereocenters. The molecular formula is C16H21N3O2. The molecule has 0 bridgehead atoms. The van der Waals surface area contributed by atoms with Crippen LogP contribution < -0.4 is 0 Å². The summed E-state index contributed by atoms with van der Waals surface area (Å²) in [6, 6.07) is 7.94. The highest BCUT2D eigenvalue weighted by molar-refractivity contribution is 5.77. The third-order valence-electron chi connectivity index (χ3n) is 4.26. The summed E-state index contributed by atoms with van der Waals surface area (Å²) < 4.78 is 2.02. The molecule has 0 atom stereocenters. The molecule has 1 aliphatic carbocycles. The maximum atomic E-state index is 12.2. The maximum Gasteiger partial charge on any atom is 0.224 e. The van der Waals surface area contributed by atoms with Gasteiger partial charge in [0, 0.05) is 26.6 Å². The minimum atomic E-state index is -0.157. The second-order valence-corrected chi connectivity index (χ2v) is 5.94. The number of hydrogen-bond acceptors (Lipinski definition) is 3. The molecule has 1 saturated carbocycles. The highest BCUT2D eigenvalue weighted by Crippen LogP contribution is 2.27. The Morgan fingerprint density at radius 2 is 2.19 bits per heavy atom. The standard InChI is InChI=1S/C16H21N3O2/c1-18(10-12-8-13(20)9-12)16(21)6-7-19-11-17-14-4-2-3-5-15(14)19/h2-5,11-13,20H,6-10H2,1H3. The van der Waals surface area contributed by atoms with E-state index in [0.29, 0.717) is 18.9 Å². The van der Waals surface area contributed by atoms with Crippen LogP contribution in [0, 0.1) is 5.92 Å². The van der Waals surface area contributed by atoms with Crippen LogP contribution in [0.4, 0.5) is 0 Å². The Morgan fingerprint density at radius 3 is 2.95 bits per heavy atom. The Balaban J connectivity index is 1.53. The molecule has 0 radical (unpaired) electrons. The molecule has 0 saturated heterocycles. The van der Waals surface area contributed by atoms with Crippen LogP contribution in [0.1, 0.15) is 19.3 Å². The summed E-state index contributed by atoms with van der Waals surface area (Å²) in [5.74, 6) is 0.609. The Bertz CT molecular complexity index is 631. The van der Waals surface area contributed by atoms with E-state index >= 15 is 0 Å². The molecule has 1 heterocycles. The average Bonchev–Trinajstić information content (AvgIpc) is 2.86. The zero-order chi connectivity index (χ0) is 14.8. The Morgan fingerprint density at radius 1 is 1.43 bits per heavy atom. The topological polar surface area (TPSA) is 58.4 Å². The van der Waals surface area contributed by atoms with Gasteiger partial charge in [-0.05, 0) is 30.9 Å². The number of carbonyl (C=O) groups is 1. The molecule has 3 rings (SSSR count). The van der Waals surface area contributed by atoms with E-state index in [9.17, 15) is 9.90 Å². The molecule has 0 spiro atoms. The van der Waals surface area contributed by atoms with Crippen LogP contribution >= 0.6 is 0 Å². The summed E-state index contributed by atoms with van der Waals surface area (Å²) in [5.41, 5.74) is 2.02. The van der Waals surface area contributed by atoms with Crippen LogP contribution in [0.25, 0.3) is 11.0 Å². The molecular weight excluding hydrogens is 266 g/mol. The summed E-state index contributed by atoms with van der Waals surface area (Å²) in [5, 5.41) is 9.29. The Hall–Kier alpha value is -1.88. The van der Waals surface area contributed by atoms with Crippen molar-refractivity contribution in [2.75, 3.05) is 13.6 Å². The molecule has 1 amide bonds. The van der Waals surface area contributed by atoms with Gasteiger partial charge < -0.3 is 14.6 Å². The van der Waals surface area contributed by atoms with Crippen LogP contribution in [0.5, 0.6) is 0 Å². The molecule has 1 aromatic heterocycles. The van der Waals surface area contributed by atoms with Gasteiger partial charge in [-0.15, -0.1) is 0 Å². The highest BCUT2D eigenvalue weighted by Gasteiger charge is 2.28. The number of hydrogen-bond donors (Lipinski definition) is 1. The molecule has 1 N–H and O–H groups in total. The third kappa shape index (κ3) is 3.08. The second-order valence-electron chi connectivity index (χ2n) is 5.94. The summed E-state index contributed by atoms with van der Waals surface area (Å²) >= 11 is 0. The predicted octanol–water partition coefficient (Wildman–Crippen LogP) is 1.66. The van der Waals surface area contributed by atoms with Crippen LogP contribution in [-0.4, -0.2) is 45.2 Å². The predicted molar refractivity (Wildman–Crippen MR) is 80.7 cm³/mol. The van der Waals surface area contributed by atoms with Crippen LogP contribution in [0.3, 0.4) is 0 Å². The lowest BCUT2D eigenvalue weighted by Crippen LogP contribution is -2.39. The Labute approximate surface area is 124 Å². The van der Waals surface area contributed by atoms with Crippen molar-refractivity contribution in [3.8, 4) is 0 Å². The van der Waals surface area contributed by atoms with Crippen LogP contribution in [0.2, 0.25) is 0 Å². The molecule has 0 aliphatic heterocycles. The van der Waals surface area contributed by atoms with Crippen molar-refractivity contribution in [3.63, 3.8) is 0 Å². The van der Waals surface area contributed by atoms with Gasteiger partial charge in [0.2, 0.25) is 5.91 Å². The smallest absolute Gasteiger partial charge is 0.224 e. The van der Waals surface area contributed by atoms with Crippen molar-refractivity contribution < 1.29 is 9.90 Å². The minimum absolute atomic E-state index is 0.147. The first kappa shape index (κ1) is 14.1. The fourth-order valence-corrected chi connectivity index (χ4v) is 2.93. The number of aromatic nitrogens is 2. The number of aryl methyl sites for hydroxylation is 1. The van der Waals surface area contributed by atoms with Gasteiger partial charge in [-0.2, -0.15) is 0 Å². The van der Waals surface area contributed by atoms with Crippen molar-refractivity contribution in [2.45, 2.75) is 31.9 Å². The van der Waals surface area contributed by atoms with Gasteiger partial charge in [0.1, 0.15) is 0 Å². The number of aliphatic hydroxyl groups excluding tert-OH is 1. The van der Waals surface area contributed by atoms with Crippen molar-refractivity contribution in [2.24, 2.45) is 5.92 Å². The first-order valence-electron chi connectivity index (χ1n) is 7.45. The molecule has 1 fully saturated rings. The van der Waals surface area contributed by atoms with E-state index in [1.165, 1.54) is 0 Å². The normalized spacial score (nSPS) is 21.2. The quantitative estimate of drug-likeness (QED) is 0.910. The summed E-state index contributed by atoms with van der Waals surface area (Å²) in [6.07, 6.45) is 3.76. The summed E-state index contributed by atoms with van der Waals surface area (Å²) in [7, 11) is 1.85. The first-order chi connectivity index (χ1) is 10.1. The molecule has 21 heavy (non-hydrogen) atoms. The van der Waals surface area contributed by atoms with E-state index < -0.39 is 0 Å². The van der Waals surface area contributed by atoms with Gasteiger partial charge in [-0.25, -0.2) is 4.98 Å². The molecule has 1 aliphatic rings. The highest BCUT2D eigenvalue weighted by atomic mass is 16.3. The fraction of sp³-hybridized carbons (Fsp3) is 0.500. The summed E-state index contributed by atoms with van der Waals surface area (Å²) in [4.78, 5) is 18.3. The van der Waals surface area contributed by atoms with Crippen molar-refractivity contribution in [3.05, 3.63) is 30.6 Å². The number of carbonyl (C=O) groups excluding carboxylic acids is 1. The van der Waals surface area contributed by atoms with E-state index in [1.54, 1.807) is 11.2 Å². The van der Waals surface area contributed by atoms with E-state index in [4.69, 9.17) is 0 Å². The third-order valence-corrected chi connectivity index (χ3v) is 4.26. The number of nitrogens with zero attached hydrogens (tertiary/aromatic N) is 3. The number of rotatable bonds is 5. The van der Waals surface area contributed by atoms with E-state index in [-0.39, 0.29) is 12.0 Å². The van der Waals surface area contributed by atoms with Gasteiger partial charge in [0.15, 0.2) is 0 Å². The Kier molecular flexibility index (Phi) is 3.92. The zero-order valence-electron chi connectivity index (χ0n) is 12.3. The number of fused-ring (bicyclic) bond motifs is 1. The van der Waals surface area contributed by atoms with Crippen molar-refractivity contribution in [1.82, 2.24) is 14.5 Å². The molecule has 2 aromatic rings. The average molecular weight is 287 g/mol. The number of amides is 1. The van der Waals surface area contributed by atoms with Gasteiger partial charge in [0.05, 0.1) is 23.5 Å². The lowest BCUT2D eigenvalue weighted by Gasteiger charge is -2.34. The summed E-state index contributed by atoms with van der Waals surface area (Å²) in [6.45, 7) is 1.40. The number of aliphatic hydroxyl groups is 1. The SMILES string of the molecule is CN(CC1CC(O)C1)C(=O)CCn1cnc2ccccc21. The number of benzene rings is 1. The lowest BCUT2D eigenvalue weighted by atomic mass is 9.82. The molecule has 112 valence electrons. The molecule has 5 heteroatoms. The second kappa shape index (κ2) is 5.85. The fourth-order valence-electron chi connectivity index (χ4n) is 2.93. The van der Waals surface area contributed by atoms with Gasteiger partial charge in [-0.3, -0.25) is 4.79 Å². The van der Waals surface area contributed by atoms with Gasteiger partial charge in [0.25, 0.3) is 0 Å². The molecule has 1 aromatic carbocycles. The van der Waals surface area contributed by atoms with Crippen molar-refractivity contribution >= 4 is 16.9 Å². The van der Waals surface area contributed by atoms with Gasteiger partial charge >= 0.3 is 0 Å². The minimum Gasteiger partial charge on any atom is -0.393 e. The van der Waals surface area contributed by atoms with E-state index in [2.05, 4.69) is 4.98 Å². The lowest BCUT2D eigenvalue weighted by molar-refractivity contribution is -0.131. The molecule has 5 nitrogen and oxygen atoms in total. The van der Waals surface area contributed by atoms with E-state index in [0.717, 1.165) is 30.4 Å². The zero-order valence-corrected chi connectivity index (χ0v) is 12.3. The number of para-hydroxylation sites is 2. The van der Waals surface area contributed by atoms with E-state index in [1.807, 2.05) is 35.9 Å².